The largest absolute Gasteiger partial charge is 0.573 e. The van der Waals surface area contributed by atoms with E-state index in [0.29, 0.717) is 29.1 Å². The van der Waals surface area contributed by atoms with Crippen molar-refractivity contribution in [2.24, 2.45) is 0 Å². The molecule has 1 aliphatic rings. The molecule has 0 radical (unpaired) electrons. The molecule has 0 saturated carbocycles. The fourth-order valence-corrected chi connectivity index (χ4v) is 3.12. The van der Waals surface area contributed by atoms with Crippen molar-refractivity contribution in [1.82, 2.24) is 5.32 Å². The van der Waals surface area contributed by atoms with E-state index < -0.39 is 18.4 Å². The average Bonchev–Trinajstić information content (AvgIpc) is 2.70. The van der Waals surface area contributed by atoms with E-state index in [1.165, 1.54) is 36.3 Å². The Bertz CT molecular complexity index is 932. The number of alkyl halides is 3. The van der Waals surface area contributed by atoms with Crippen LogP contribution in [0.2, 0.25) is 0 Å². The number of nitrogens with zero attached hydrogens (tertiary/aromatic N) is 1. The fourth-order valence-electron chi connectivity index (χ4n) is 3.12. The van der Waals surface area contributed by atoms with Gasteiger partial charge in [-0.3, -0.25) is 9.69 Å². The molecule has 0 aromatic heterocycles. The van der Waals surface area contributed by atoms with Gasteiger partial charge in [0, 0.05) is 6.07 Å². The van der Waals surface area contributed by atoms with Crippen LogP contribution in [0.15, 0.2) is 42.5 Å². The molecule has 0 spiro atoms. The number of ether oxygens (including phenoxy) is 2. The first-order valence-corrected chi connectivity index (χ1v) is 9.11. The summed E-state index contributed by atoms with van der Waals surface area (Å²) in [4.78, 5) is 26.2. The van der Waals surface area contributed by atoms with Crippen LogP contribution < -0.4 is 25.0 Å². The summed E-state index contributed by atoms with van der Waals surface area (Å²) >= 11 is 0. The standard InChI is InChI=1S/C20H20F3N3O4/c1-3-15(12-4-6-13(7-5-12)30-20(21,22)23)25-19(28)26-11-18(27)24-16-9-8-14(29-2)10-17(16)26/h4-10,15H,3,11H2,1-2H3,(H,24,27)(H,25,28). The highest BCUT2D eigenvalue weighted by Gasteiger charge is 2.31. The summed E-state index contributed by atoms with van der Waals surface area (Å²) in [6, 6.07) is 9.24. The number of benzene rings is 2. The molecule has 3 amide bonds. The lowest BCUT2D eigenvalue weighted by atomic mass is 10.0. The van der Waals surface area contributed by atoms with Gasteiger partial charge >= 0.3 is 12.4 Å². The molecule has 0 saturated heterocycles. The van der Waals surface area contributed by atoms with Gasteiger partial charge in [-0.15, -0.1) is 13.2 Å². The lowest BCUT2D eigenvalue weighted by Crippen LogP contribution is -2.48. The highest BCUT2D eigenvalue weighted by atomic mass is 19.4. The molecule has 0 aliphatic carbocycles. The van der Waals surface area contributed by atoms with Crippen LogP contribution in [0.1, 0.15) is 24.9 Å². The molecular formula is C20H20F3N3O4. The summed E-state index contributed by atoms with van der Waals surface area (Å²) < 4.78 is 46.0. The molecule has 0 fully saturated rings. The third-order valence-electron chi connectivity index (χ3n) is 4.54. The smallest absolute Gasteiger partial charge is 0.497 e. The Morgan fingerprint density at radius 2 is 1.87 bits per heavy atom. The second kappa shape index (κ2) is 8.52. The maximum Gasteiger partial charge on any atom is 0.573 e. The SMILES string of the molecule is CCC(NC(=O)N1CC(=O)Nc2ccc(OC)cc21)c1ccc(OC(F)(F)F)cc1. The Balaban J connectivity index is 1.78. The molecule has 10 heteroatoms. The lowest BCUT2D eigenvalue weighted by molar-refractivity contribution is -0.274. The van der Waals surface area contributed by atoms with Crippen molar-refractivity contribution in [3.8, 4) is 11.5 Å². The van der Waals surface area contributed by atoms with E-state index in [0.717, 1.165) is 0 Å². The Morgan fingerprint density at radius 3 is 2.47 bits per heavy atom. The van der Waals surface area contributed by atoms with E-state index in [9.17, 15) is 22.8 Å². The summed E-state index contributed by atoms with van der Waals surface area (Å²) in [6.07, 6.45) is -4.29. The molecule has 2 N–H and O–H groups in total. The van der Waals surface area contributed by atoms with Gasteiger partial charge in [-0.1, -0.05) is 19.1 Å². The lowest BCUT2D eigenvalue weighted by Gasteiger charge is -2.31. The summed E-state index contributed by atoms with van der Waals surface area (Å²) in [7, 11) is 1.49. The molecule has 160 valence electrons. The first-order valence-electron chi connectivity index (χ1n) is 9.11. The van der Waals surface area contributed by atoms with E-state index in [2.05, 4.69) is 15.4 Å². The molecule has 1 heterocycles. The van der Waals surface area contributed by atoms with Gasteiger partial charge in [-0.25, -0.2) is 4.79 Å². The van der Waals surface area contributed by atoms with Crippen molar-refractivity contribution in [3.05, 3.63) is 48.0 Å². The summed E-state index contributed by atoms with van der Waals surface area (Å²) in [6.45, 7) is 1.64. The first-order chi connectivity index (χ1) is 14.2. The number of carbonyl (C=O) groups excluding carboxylic acids is 2. The second-order valence-corrected chi connectivity index (χ2v) is 6.54. The molecule has 1 atom stereocenters. The Kier molecular flexibility index (Phi) is 6.04. The van der Waals surface area contributed by atoms with Crippen molar-refractivity contribution >= 4 is 23.3 Å². The monoisotopic (exact) mass is 423 g/mol. The van der Waals surface area contributed by atoms with Gasteiger partial charge < -0.3 is 20.1 Å². The average molecular weight is 423 g/mol. The number of urea groups is 1. The summed E-state index contributed by atoms with van der Waals surface area (Å²) in [5.41, 5.74) is 1.56. The Hall–Kier alpha value is -3.43. The van der Waals surface area contributed by atoms with E-state index in [1.54, 1.807) is 18.2 Å². The molecule has 2 aromatic carbocycles. The van der Waals surface area contributed by atoms with E-state index >= 15 is 0 Å². The van der Waals surface area contributed by atoms with Crippen LogP contribution in [-0.4, -0.2) is 32.0 Å². The zero-order chi connectivity index (χ0) is 21.9. The van der Waals surface area contributed by atoms with Gasteiger partial charge in [0.15, 0.2) is 0 Å². The number of halogens is 3. The van der Waals surface area contributed by atoms with Crippen molar-refractivity contribution in [3.63, 3.8) is 0 Å². The molecule has 2 aromatic rings. The third kappa shape index (κ3) is 4.94. The number of fused-ring (bicyclic) bond motifs is 1. The zero-order valence-corrected chi connectivity index (χ0v) is 16.2. The van der Waals surface area contributed by atoms with Crippen molar-refractivity contribution < 1.29 is 32.2 Å². The van der Waals surface area contributed by atoms with Crippen molar-refractivity contribution in [2.75, 3.05) is 23.9 Å². The van der Waals surface area contributed by atoms with Crippen LogP contribution >= 0.6 is 0 Å². The predicted octanol–water partition coefficient (Wildman–Crippen LogP) is 4.21. The topological polar surface area (TPSA) is 79.9 Å². The van der Waals surface area contributed by atoms with Gasteiger partial charge in [-0.05, 0) is 36.2 Å². The van der Waals surface area contributed by atoms with E-state index in [-0.39, 0.29) is 18.2 Å². The van der Waals surface area contributed by atoms with Crippen LogP contribution in [0.4, 0.5) is 29.3 Å². The van der Waals surface area contributed by atoms with Gasteiger partial charge in [-0.2, -0.15) is 0 Å². The quantitative estimate of drug-likeness (QED) is 0.755. The number of hydrogen-bond acceptors (Lipinski definition) is 4. The maximum atomic E-state index is 12.9. The second-order valence-electron chi connectivity index (χ2n) is 6.54. The number of nitrogens with one attached hydrogen (secondary N) is 2. The van der Waals surface area contributed by atoms with E-state index in [4.69, 9.17) is 4.74 Å². The van der Waals surface area contributed by atoms with Gasteiger partial charge in [0.2, 0.25) is 5.91 Å². The third-order valence-corrected chi connectivity index (χ3v) is 4.54. The van der Waals surface area contributed by atoms with Gasteiger partial charge in [0.25, 0.3) is 0 Å². The minimum atomic E-state index is -4.77. The minimum Gasteiger partial charge on any atom is -0.497 e. The zero-order valence-electron chi connectivity index (χ0n) is 16.2. The molecule has 30 heavy (non-hydrogen) atoms. The number of anilines is 2. The minimum absolute atomic E-state index is 0.180. The van der Waals surface area contributed by atoms with Gasteiger partial charge in [0.05, 0.1) is 24.5 Å². The molecule has 3 rings (SSSR count). The van der Waals surface area contributed by atoms with Crippen molar-refractivity contribution in [1.29, 1.82) is 0 Å². The highest BCUT2D eigenvalue weighted by Crippen LogP contribution is 2.33. The molecule has 1 unspecified atom stereocenters. The Morgan fingerprint density at radius 1 is 1.20 bits per heavy atom. The van der Waals surface area contributed by atoms with Crippen LogP contribution in [0.5, 0.6) is 11.5 Å². The number of carbonyl (C=O) groups is 2. The van der Waals surface area contributed by atoms with Crippen LogP contribution in [0.3, 0.4) is 0 Å². The molecule has 1 aliphatic heterocycles. The maximum absolute atomic E-state index is 12.9. The predicted molar refractivity (Wildman–Crippen MR) is 104 cm³/mol. The summed E-state index contributed by atoms with van der Waals surface area (Å²) in [5, 5.41) is 5.52. The first kappa shape index (κ1) is 21.3. The molecule has 7 nitrogen and oxygen atoms in total. The number of hydrogen-bond donors (Lipinski definition) is 2. The number of methoxy groups -OCH3 is 1. The normalized spacial score (nSPS) is 14.4. The van der Waals surface area contributed by atoms with E-state index in [1.807, 2.05) is 6.92 Å². The highest BCUT2D eigenvalue weighted by molar-refractivity contribution is 6.09. The Labute approximate surface area is 170 Å². The van der Waals surface area contributed by atoms with Crippen molar-refractivity contribution in [2.45, 2.75) is 25.7 Å². The van der Waals surface area contributed by atoms with Crippen LogP contribution in [-0.2, 0) is 4.79 Å². The molecular weight excluding hydrogens is 403 g/mol. The van der Waals surface area contributed by atoms with Crippen LogP contribution in [0, 0.1) is 0 Å². The fraction of sp³-hybridized carbons (Fsp3) is 0.300. The van der Waals surface area contributed by atoms with Crippen LogP contribution in [0.25, 0.3) is 0 Å². The number of amides is 3. The van der Waals surface area contributed by atoms with Gasteiger partial charge in [0.1, 0.15) is 18.0 Å². The number of rotatable bonds is 5. The molecule has 0 bridgehead atoms. The summed E-state index contributed by atoms with van der Waals surface area (Å²) in [5.74, 6) is -0.166.